The van der Waals surface area contributed by atoms with Crippen LogP contribution in [0.2, 0.25) is 0 Å². The summed E-state index contributed by atoms with van der Waals surface area (Å²) in [6.07, 6.45) is 1.63. The average Bonchev–Trinajstić information content (AvgIpc) is 3.24. The SMILES string of the molecule is O=[N+]([O-])c1cccc(CSc2nc(NCc3ccco3)c3ccccc3n2)c1. The molecule has 0 aliphatic heterocycles. The van der Waals surface area contributed by atoms with Crippen LogP contribution in [0.25, 0.3) is 10.9 Å². The van der Waals surface area contributed by atoms with Gasteiger partial charge in [-0.15, -0.1) is 0 Å². The van der Waals surface area contributed by atoms with Crippen LogP contribution < -0.4 is 5.32 Å². The number of furan rings is 1. The van der Waals surface area contributed by atoms with Crippen LogP contribution in [0.3, 0.4) is 0 Å². The summed E-state index contributed by atoms with van der Waals surface area (Å²) in [7, 11) is 0. The second-order valence-electron chi connectivity index (χ2n) is 6.02. The molecule has 4 aromatic rings. The highest BCUT2D eigenvalue weighted by molar-refractivity contribution is 7.98. The molecule has 0 aliphatic rings. The number of thioether (sulfide) groups is 1. The Hall–Kier alpha value is -3.39. The Labute approximate surface area is 165 Å². The Morgan fingerprint density at radius 1 is 1.07 bits per heavy atom. The molecule has 0 bridgehead atoms. The molecule has 0 saturated heterocycles. The monoisotopic (exact) mass is 392 g/mol. The molecule has 0 amide bonds. The molecule has 1 N–H and O–H groups in total. The van der Waals surface area contributed by atoms with E-state index >= 15 is 0 Å². The number of rotatable bonds is 7. The zero-order chi connectivity index (χ0) is 19.3. The predicted octanol–water partition coefficient (Wildman–Crippen LogP) is 5.04. The molecule has 7 nitrogen and oxygen atoms in total. The fourth-order valence-electron chi connectivity index (χ4n) is 2.75. The summed E-state index contributed by atoms with van der Waals surface area (Å²) in [6, 6.07) is 18.1. The van der Waals surface area contributed by atoms with E-state index in [9.17, 15) is 10.1 Å². The lowest BCUT2D eigenvalue weighted by Crippen LogP contribution is -2.03. The van der Waals surface area contributed by atoms with Crippen molar-refractivity contribution in [3.8, 4) is 0 Å². The molecule has 0 aliphatic carbocycles. The van der Waals surface area contributed by atoms with Crippen molar-refractivity contribution in [3.05, 3.63) is 88.4 Å². The first kappa shape index (κ1) is 18.0. The molecule has 0 unspecified atom stereocenters. The maximum Gasteiger partial charge on any atom is 0.269 e. The summed E-state index contributed by atoms with van der Waals surface area (Å²) in [5.41, 5.74) is 1.76. The lowest BCUT2D eigenvalue weighted by molar-refractivity contribution is -0.384. The summed E-state index contributed by atoms with van der Waals surface area (Å²) >= 11 is 1.44. The van der Waals surface area contributed by atoms with Crippen molar-refractivity contribution in [1.82, 2.24) is 9.97 Å². The van der Waals surface area contributed by atoms with Gasteiger partial charge in [0, 0.05) is 23.3 Å². The van der Waals surface area contributed by atoms with Gasteiger partial charge in [-0.1, -0.05) is 36.0 Å². The molecule has 0 atom stereocenters. The number of benzene rings is 2. The van der Waals surface area contributed by atoms with Crippen molar-refractivity contribution >= 4 is 34.2 Å². The molecule has 2 heterocycles. The van der Waals surface area contributed by atoms with Crippen molar-refractivity contribution in [1.29, 1.82) is 0 Å². The van der Waals surface area contributed by atoms with Gasteiger partial charge in [0.1, 0.15) is 11.6 Å². The van der Waals surface area contributed by atoms with Crippen LogP contribution in [0.15, 0.2) is 76.5 Å². The van der Waals surface area contributed by atoms with Gasteiger partial charge in [0.15, 0.2) is 5.16 Å². The third kappa shape index (κ3) is 4.12. The minimum Gasteiger partial charge on any atom is -0.467 e. The van der Waals surface area contributed by atoms with Gasteiger partial charge in [-0.2, -0.15) is 0 Å². The van der Waals surface area contributed by atoms with E-state index in [4.69, 9.17) is 4.42 Å². The van der Waals surface area contributed by atoms with Crippen LogP contribution in [0.1, 0.15) is 11.3 Å². The van der Waals surface area contributed by atoms with Crippen LogP contribution in [0, 0.1) is 10.1 Å². The van der Waals surface area contributed by atoms with E-state index in [1.165, 1.54) is 17.8 Å². The standard InChI is InChI=1S/C20H16N4O3S/c25-24(26)15-6-3-5-14(11-15)13-28-20-22-18-9-2-1-8-17(18)19(23-20)21-12-16-7-4-10-27-16/h1-11H,12-13H2,(H,21,22,23). The number of hydrogen-bond donors (Lipinski definition) is 1. The lowest BCUT2D eigenvalue weighted by Gasteiger charge is -2.10. The van der Waals surface area contributed by atoms with Crippen LogP contribution in [-0.2, 0) is 12.3 Å². The Balaban J connectivity index is 1.56. The Bertz CT molecular complexity index is 1120. The number of non-ortho nitro benzene ring substituents is 1. The number of para-hydroxylation sites is 1. The van der Waals surface area contributed by atoms with Crippen LogP contribution in [0.4, 0.5) is 11.5 Å². The molecule has 0 spiro atoms. The number of fused-ring (bicyclic) bond motifs is 1. The highest BCUT2D eigenvalue weighted by Crippen LogP contribution is 2.27. The summed E-state index contributed by atoms with van der Waals surface area (Å²) < 4.78 is 5.37. The Morgan fingerprint density at radius 3 is 2.79 bits per heavy atom. The van der Waals surface area contributed by atoms with Crippen molar-refractivity contribution in [2.75, 3.05) is 5.32 Å². The minimum absolute atomic E-state index is 0.0818. The molecular weight excluding hydrogens is 376 g/mol. The van der Waals surface area contributed by atoms with Crippen molar-refractivity contribution in [2.24, 2.45) is 0 Å². The number of nitro benzene ring substituents is 1. The fraction of sp³-hybridized carbons (Fsp3) is 0.100. The van der Waals surface area contributed by atoms with Gasteiger partial charge in [-0.25, -0.2) is 9.97 Å². The summed E-state index contributed by atoms with van der Waals surface area (Å²) in [5, 5.41) is 15.8. The highest BCUT2D eigenvalue weighted by Gasteiger charge is 2.10. The van der Waals surface area contributed by atoms with E-state index in [0.717, 1.165) is 28.0 Å². The van der Waals surface area contributed by atoms with Gasteiger partial charge >= 0.3 is 0 Å². The molecule has 0 radical (unpaired) electrons. The second kappa shape index (κ2) is 8.10. The van der Waals surface area contributed by atoms with Gasteiger partial charge in [0.05, 0.1) is 23.2 Å². The molecular formula is C20H16N4O3S. The van der Waals surface area contributed by atoms with Crippen molar-refractivity contribution in [2.45, 2.75) is 17.5 Å². The number of aromatic nitrogens is 2. The lowest BCUT2D eigenvalue weighted by atomic mass is 10.2. The van der Waals surface area contributed by atoms with Crippen LogP contribution in [0.5, 0.6) is 0 Å². The van der Waals surface area contributed by atoms with E-state index in [1.54, 1.807) is 18.4 Å². The molecule has 8 heteroatoms. The number of hydrogen-bond acceptors (Lipinski definition) is 7. The smallest absolute Gasteiger partial charge is 0.269 e. The van der Waals surface area contributed by atoms with E-state index in [-0.39, 0.29) is 5.69 Å². The quantitative estimate of drug-likeness (QED) is 0.204. The van der Waals surface area contributed by atoms with Gasteiger partial charge in [-0.05, 0) is 29.8 Å². The van der Waals surface area contributed by atoms with Crippen LogP contribution >= 0.6 is 11.8 Å². The van der Waals surface area contributed by atoms with Gasteiger partial charge < -0.3 is 9.73 Å². The summed E-state index contributed by atoms with van der Waals surface area (Å²) in [6.45, 7) is 0.517. The largest absolute Gasteiger partial charge is 0.467 e. The van der Waals surface area contributed by atoms with Crippen LogP contribution in [-0.4, -0.2) is 14.9 Å². The summed E-state index contributed by atoms with van der Waals surface area (Å²) in [4.78, 5) is 19.8. The Kier molecular flexibility index (Phi) is 5.20. The molecule has 2 aromatic heterocycles. The maximum atomic E-state index is 10.9. The van der Waals surface area contributed by atoms with E-state index in [0.29, 0.717) is 17.5 Å². The van der Waals surface area contributed by atoms with Crippen molar-refractivity contribution in [3.63, 3.8) is 0 Å². The first-order valence-electron chi connectivity index (χ1n) is 8.58. The first-order valence-corrected chi connectivity index (χ1v) is 9.57. The molecule has 4 rings (SSSR count). The van der Waals surface area contributed by atoms with E-state index in [2.05, 4.69) is 15.3 Å². The van der Waals surface area contributed by atoms with Gasteiger partial charge in [0.2, 0.25) is 0 Å². The number of anilines is 1. The van der Waals surface area contributed by atoms with E-state index < -0.39 is 4.92 Å². The molecule has 140 valence electrons. The molecule has 0 saturated carbocycles. The second-order valence-corrected chi connectivity index (χ2v) is 6.96. The first-order chi connectivity index (χ1) is 13.7. The molecule has 2 aromatic carbocycles. The zero-order valence-corrected chi connectivity index (χ0v) is 15.6. The predicted molar refractivity (Wildman–Crippen MR) is 108 cm³/mol. The topological polar surface area (TPSA) is 94.1 Å². The summed E-state index contributed by atoms with van der Waals surface area (Å²) in [5.74, 6) is 2.08. The van der Waals surface area contributed by atoms with Gasteiger partial charge in [0.25, 0.3) is 5.69 Å². The normalized spacial score (nSPS) is 10.9. The van der Waals surface area contributed by atoms with Gasteiger partial charge in [-0.3, -0.25) is 10.1 Å². The number of nitrogens with one attached hydrogen (secondary N) is 1. The number of nitro groups is 1. The zero-order valence-electron chi connectivity index (χ0n) is 14.7. The third-order valence-corrected chi connectivity index (χ3v) is 5.00. The average molecular weight is 392 g/mol. The number of nitrogens with zero attached hydrogens (tertiary/aromatic N) is 3. The third-order valence-electron chi connectivity index (χ3n) is 4.08. The minimum atomic E-state index is -0.392. The molecule has 0 fully saturated rings. The Morgan fingerprint density at radius 2 is 1.96 bits per heavy atom. The molecule has 28 heavy (non-hydrogen) atoms. The van der Waals surface area contributed by atoms with Crippen molar-refractivity contribution < 1.29 is 9.34 Å². The van der Waals surface area contributed by atoms with E-state index in [1.807, 2.05) is 42.5 Å². The maximum absolute atomic E-state index is 10.9. The highest BCUT2D eigenvalue weighted by atomic mass is 32.2. The fourth-order valence-corrected chi connectivity index (χ4v) is 3.54.